The van der Waals surface area contributed by atoms with Gasteiger partial charge in [-0.15, -0.1) is 0 Å². The summed E-state index contributed by atoms with van der Waals surface area (Å²) in [6.45, 7) is 2.29. The van der Waals surface area contributed by atoms with Crippen LogP contribution in [0.5, 0.6) is 0 Å². The third-order valence-corrected chi connectivity index (χ3v) is 5.08. The molecule has 0 spiro atoms. The predicted octanol–water partition coefficient (Wildman–Crippen LogP) is 6.50. The van der Waals surface area contributed by atoms with Gasteiger partial charge in [-0.05, 0) is 41.4 Å². The maximum atomic E-state index is 2.33. The molecule has 0 nitrogen and oxygen atoms in total. The molecule has 22 heavy (non-hydrogen) atoms. The molecule has 2 atom stereocenters. The third kappa shape index (κ3) is 4.00. The standard InChI is InChI=1S/C22H28/c1-2-3-4-6-13-19-16-21(19)17-20-14-9-10-15-22(20)18-11-7-5-8-12-18/h5,7-12,14-15,19,21H,2-4,6,13,16-17H2,1H3/t19-,21+/m0/s1. The Morgan fingerprint density at radius 2 is 1.59 bits per heavy atom. The van der Waals surface area contributed by atoms with E-state index in [0.29, 0.717) is 0 Å². The van der Waals surface area contributed by atoms with Gasteiger partial charge in [-0.25, -0.2) is 0 Å². The summed E-state index contributed by atoms with van der Waals surface area (Å²) >= 11 is 0. The molecule has 1 saturated carbocycles. The SMILES string of the molecule is CCCCCC[C@H]1C[C@@H]1Cc1ccccc1-c1ccccc1. The largest absolute Gasteiger partial charge is 0.0654 e. The van der Waals surface area contributed by atoms with Crippen LogP contribution in [-0.2, 0) is 6.42 Å². The Kier molecular flexibility index (Phi) is 5.32. The van der Waals surface area contributed by atoms with Crippen molar-refractivity contribution >= 4 is 0 Å². The number of rotatable bonds is 8. The van der Waals surface area contributed by atoms with Gasteiger partial charge in [-0.2, -0.15) is 0 Å². The van der Waals surface area contributed by atoms with Crippen molar-refractivity contribution in [1.29, 1.82) is 0 Å². The van der Waals surface area contributed by atoms with Gasteiger partial charge in [0.15, 0.2) is 0 Å². The van der Waals surface area contributed by atoms with Crippen LogP contribution in [0.3, 0.4) is 0 Å². The van der Waals surface area contributed by atoms with Crippen molar-refractivity contribution < 1.29 is 0 Å². The van der Waals surface area contributed by atoms with E-state index in [2.05, 4.69) is 61.5 Å². The monoisotopic (exact) mass is 292 g/mol. The first-order chi connectivity index (χ1) is 10.9. The van der Waals surface area contributed by atoms with Crippen LogP contribution < -0.4 is 0 Å². The van der Waals surface area contributed by atoms with Crippen LogP contribution in [0.4, 0.5) is 0 Å². The van der Waals surface area contributed by atoms with Crippen LogP contribution in [0.25, 0.3) is 11.1 Å². The summed E-state index contributed by atoms with van der Waals surface area (Å²) in [5.74, 6) is 1.94. The van der Waals surface area contributed by atoms with Gasteiger partial charge in [0.05, 0.1) is 0 Å². The molecular formula is C22H28. The molecule has 2 aromatic rings. The third-order valence-electron chi connectivity index (χ3n) is 5.08. The molecule has 1 fully saturated rings. The van der Waals surface area contributed by atoms with Crippen LogP contribution in [-0.4, -0.2) is 0 Å². The lowest BCUT2D eigenvalue weighted by atomic mass is 9.95. The summed E-state index contributed by atoms with van der Waals surface area (Å²) in [6, 6.07) is 19.8. The first kappa shape index (κ1) is 15.3. The molecule has 0 aliphatic heterocycles. The van der Waals surface area contributed by atoms with Crippen molar-refractivity contribution in [3.63, 3.8) is 0 Å². The zero-order valence-electron chi connectivity index (χ0n) is 13.8. The minimum atomic E-state index is 0.937. The van der Waals surface area contributed by atoms with Crippen LogP contribution in [0.2, 0.25) is 0 Å². The van der Waals surface area contributed by atoms with Gasteiger partial charge in [-0.1, -0.05) is 93.6 Å². The Hall–Kier alpha value is -1.56. The van der Waals surface area contributed by atoms with Gasteiger partial charge in [0.25, 0.3) is 0 Å². The maximum Gasteiger partial charge on any atom is -0.0152 e. The predicted molar refractivity (Wildman–Crippen MR) is 95.9 cm³/mol. The minimum absolute atomic E-state index is 0.937. The number of unbranched alkanes of at least 4 members (excludes halogenated alkanes) is 3. The second-order valence-corrected chi connectivity index (χ2v) is 6.83. The topological polar surface area (TPSA) is 0 Å². The zero-order chi connectivity index (χ0) is 15.2. The molecule has 0 bridgehead atoms. The first-order valence-corrected chi connectivity index (χ1v) is 9.02. The molecule has 0 heteroatoms. The normalized spacial score (nSPS) is 20.0. The lowest BCUT2D eigenvalue weighted by Crippen LogP contribution is -1.94. The van der Waals surface area contributed by atoms with Gasteiger partial charge < -0.3 is 0 Å². The summed E-state index contributed by atoms with van der Waals surface area (Å²) in [5, 5.41) is 0. The summed E-state index contributed by atoms with van der Waals surface area (Å²) in [6.07, 6.45) is 9.80. The molecule has 2 aromatic carbocycles. The van der Waals surface area contributed by atoms with Gasteiger partial charge in [0.2, 0.25) is 0 Å². The Labute approximate surface area is 135 Å². The highest BCUT2D eigenvalue weighted by atomic mass is 14.4. The second-order valence-electron chi connectivity index (χ2n) is 6.83. The number of hydrogen-bond acceptors (Lipinski definition) is 0. The van der Waals surface area contributed by atoms with Crippen LogP contribution in [0.15, 0.2) is 54.6 Å². The van der Waals surface area contributed by atoms with Crippen molar-refractivity contribution in [3.8, 4) is 11.1 Å². The minimum Gasteiger partial charge on any atom is -0.0654 e. The second kappa shape index (κ2) is 7.63. The van der Waals surface area contributed by atoms with Crippen molar-refractivity contribution in [2.45, 2.75) is 51.9 Å². The smallest absolute Gasteiger partial charge is 0.0152 e. The Morgan fingerprint density at radius 1 is 0.818 bits per heavy atom. The lowest BCUT2D eigenvalue weighted by Gasteiger charge is -2.09. The van der Waals surface area contributed by atoms with Gasteiger partial charge in [0, 0.05) is 0 Å². The fraction of sp³-hybridized carbons (Fsp3) is 0.455. The zero-order valence-corrected chi connectivity index (χ0v) is 13.8. The van der Waals surface area contributed by atoms with Gasteiger partial charge in [0.1, 0.15) is 0 Å². The highest BCUT2D eigenvalue weighted by Gasteiger charge is 2.36. The fourth-order valence-electron chi connectivity index (χ4n) is 3.63. The van der Waals surface area contributed by atoms with Crippen LogP contribution in [0.1, 0.15) is 51.0 Å². The van der Waals surface area contributed by atoms with Crippen LogP contribution in [0, 0.1) is 11.8 Å². The van der Waals surface area contributed by atoms with Crippen molar-refractivity contribution in [2.24, 2.45) is 11.8 Å². The van der Waals surface area contributed by atoms with Crippen molar-refractivity contribution in [1.82, 2.24) is 0 Å². The number of hydrogen-bond donors (Lipinski definition) is 0. The molecule has 1 aliphatic carbocycles. The van der Waals surface area contributed by atoms with Crippen molar-refractivity contribution in [3.05, 3.63) is 60.2 Å². The molecule has 0 aromatic heterocycles. The molecule has 0 amide bonds. The van der Waals surface area contributed by atoms with E-state index in [1.54, 1.807) is 0 Å². The van der Waals surface area contributed by atoms with E-state index < -0.39 is 0 Å². The average Bonchev–Trinajstić information content (AvgIpc) is 3.31. The highest BCUT2D eigenvalue weighted by Crippen LogP contribution is 2.45. The highest BCUT2D eigenvalue weighted by molar-refractivity contribution is 5.67. The first-order valence-electron chi connectivity index (χ1n) is 9.02. The maximum absolute atomic E-state index is 2.33. The summed E-state index contributed by atoms with van der Waals surface area (Å²) < 4.78 is 0. The summed E-state index contributed by atoms with van der Waals surface area (Å²) in [5.41, 5.74) is 4.33. The Bertz CT molecular complexity index is 570. The van der Waals surface area contributed by atoms with E-state index in [9.17, 15) is 0 Å². The van der Waals surface area contributed by atoms with E-state index >= 15 is 0 Å². The van der Waals surface area contributed by atoms with E-state index in [1.807, 2.05) is 0 Å². The quantitative estimate of drug-likeness (QED) is 0.487. The molecule has 0 saturated heterocycles. The van der Waals surface area contributed by atoms with Crippen molar-refractivity contribution in [2.75, 3.05) is 0 Å². The fourth-order valence-corrected chi connectivity index (χ4v) is 3.63. The van der Waals surface area contributed by atoms with Crippen LogP contribution >= 0.6 is 0 Å². The van der Waals surface area contributed by atoms with E-state index in [-0.39, 0.29) is 0 Å². The molecular weight excluding hydrogens is 264 g/mol. The van der Waals surface area contributed by atoms with E-state index in [1.165, 1.54) is 61.6 Å². The Balaban J connectivity index is 1.58. The molecule has 116 valence electrons. The molecule has 3 rings (SSSR count). The summed E-state index contributed by atoms with van der Waals surface area (Å²) in [7, 11) is 0. The van der Waals surface area contributed by atoms with E-state index in [4.69, 9.17) is 0 Å². The molecule has 0 radical (unpaired) electrons. The lowest BCUT2D eigenvalue weighted by molar-refractivity contribution is 0.566. The molecule has 1 aliphatic rings. The number of benzene rings is 2. The summed E-state index contributed by atoms with van der Waals surface area (Å²) in [4.78, 5) is 0. The van der Waals surface area contributed by atoms with Gasteiger partial charge in [-0.3, -0.25) is 0 Å². The molecule has 0 N–H and O–H groups in total. The Morgan fingerprint density at radius 3 is 2.41 bits per heavy atom. The van der Waals surface area contributed by atoms with E-state index in [0.717, 1.165) is 11.8 Å². The van der Waals surface area contributed by atoms with Gasteiger partial charge >= 0.3 is 0 Å². The molecule has 0 heterocycles. The molecule has 0 unspecified atom stereocenters. The average molecular weight is 292 g/mol.